The second kappa shape index (κ2) is 6.12. The van der Waals surface area contributed by atoms with Crippen LogP contribution in [-0.4, -0.2) is 36.0 Å². The van der Waals surface area contributed by atoms with Gasteiger partial charge in [0.15, 0.2) is 0 Å². The van der Waals surface area contributed by atoms with E-state index in [4.69, 9.17) is 0 Å². The average Bonchev–Trinajstić information content (AvgIpc) is 2.38. The molecule has 1 fully saturated rings. The van der Waals surface area contributed by atoms with Gasteiger partial charge >= 0.3 is 0 Å². The molecule has 0 aliphatic carbocycles. The van der Waals surface area contributed by atoms with Crippen molar-refractivity contribution in [1.82, 2.24) is 10.2 Å². The minimum atomic E-state index is -0.310. The minimum absolute atomic E-state index is 0.204. The van der Waals surface area contributed by atoms with Crippen molar-refractivity contribution in [2.45, 2.75) is 25.9 Å². The Labute approximate surface area is 113 Å². The Morgan fingerprint density at radius 2 is 2.21 bits per heavy atom. The molecule has 19 heavy (non-hydrogen) atoms. The van der Waals surface area contributed by atoms with E-state index in [1.165, 1.54) is 0 Å². The predicted molar refractivity (Wildman–Crippen MR) is 75.0 cm³/mol. The van der Waals surface area contributed by atoms with Crippen LogP contribution in [0.25, 0.3) is 0 Å². The molecule has 0 saturated carbocycles. The summed E-state index contributed by atoms with van der Waals surface area (Å²) in [6.07, 6.45) is 1.10. The van der Waals surface area contributed by atoms with E-state index in [0.29, 0.717) is 18.5 Å². The van der Waals surface area contributed by atoms with Gasteiger partial charge in [0.2, 0.25) is 0 Å². The number of likely N-dealkylation sites (tertiary alicyclic amines) is 1. The van der Waals surface area contributed by atoms with E-state index in [0.717, 1.165) is 25.1 Å². The summed E-state index contributed by atoms with van der Waals surface area (Å²) >= 11 is 0. The summed E-state index contributed by atoms with van der Waals surface area (Å²) in [7, 11) is 2.13. The minimum Gasteiger partial charge on any atom is -0.309 e. The van der Waals surface area contributed by atoms with E-state index in [1.54, 1.807) is 12.1 Å². The molecule has 1 aromatic rings. The van der Waals surface area contributed by atoms with Gasteiger partial charge in [0, 0.05) is 30.8 Å². The number of hydrogen-bond acceptors (Lipinski definition) is 4. The Bertz CT molecular complexity index is 450. The van der Waals surface area contributed by atoms with Crippen LogP contribution in [0.1, 0.15) is 18.9 Å². The fraction of sp³-hybridized carbons (Fsp3) is 0.571. The molecule has 2 rings (SSSR count). The Kier molecular flexibility index (Phi) is 4.50. The standard InChI is InChI=1S/C14H21N3O2/c1-11-10-16(2)8-7-13(11)15-9-12-5-3-4-6-14(12)17(18)19/h3-6,11,13,15H,7-10H2,1-2H3. The Morgan fingerprint density at radius 1 is 1.47 bits per heavy atom. The molecule has 2 atom stereocenters. The first-order chi connectivity index (χ1) is 9.08. The maximum atomic E-state index is 11.0. The first-order valence-corrected chi connectivity index (χ1v) is 6.72. The van der Waals surface area contributed by atoms with Gasteiger partial charge in [0.1, 0.15) is 0 Å². The number of nitrogens with zero attached hydrogens (tertiary/aromatic N) is 2. The van der Waals surface area contributed by atoms with E-state index >= 15 is 0 Å². The summed E-state index contributed by atoms with van der Waals surface area (Å²) in [5.41, 5.74) is 0.967. The highest BCUT2D eigenvalue weighted by Crippen LogP contribution is 2.20. The van der Waals surface area contributed by atoms with Crippen molar-refractivity contribution in [3.63, 3.8) is 0 Å². The molecule has 0 aromatic heterocycles. The van der Waals surface area contributed by atoms with Gasteiger partial charge in [-0.15, -0.1) is 0 Å². The largest absolute Gasteiger partial charge is 0.309 e. The topological polar surface area (TPSA) is 58.4 Å². The fourth-order valence-electron chi connectivity index (χ4n) is 2.74. The molecule has 1 aliphatic heterocycles. The van der Waals surface area contributed by atoms with Crippen LogP contribution in [0.5, 0.6) is 0 Å². The molecule has 1 aromatic carbocycles. The molecule has 1 N–H and O–H groups in total. The van der Waals surface area contributed by atoms with Crippen molar-refractivity contribution >= 4 is 5.69 Å². The first-order valence-electron chi connectivity index (χ1n) is 6.72. The predicted octanol–water partition coefficient (Wildman–Crippen LogP) is 2.02. The highest BCUT2D eigenvalue weighted by molar-refractivity contribution is 5.39. The van der Waals surface area contributed by atoms with Gasteiger partial charge in [-0.05, 0) is 25.9 Å². The number of nitro groups is 1. The van der Waals surface area contributed by atoms with Crippen LogP contribution in [0.15, 0.2) is 24.3 Å². The Morgan fingerprint density at radius 3 is 2.89 bits per heavy atom. The van der Waals surface area contributed by atoms with Crippen molar-refractivity contribution < 1.29 is 4.92 Å². The molecule has 0 radical (unpaired) electrons. The van der Waals surface area contributed by atoms with E-state index in [-0.39, 0.29) is 10.6 Å². The Balaban J connectivity index is 1.97. The second-order valence-electron chi connectivity index (χ2n) is 5.40. The third-order valence-corrected chi connectivity index (χ3v) is 3.85. The molecule has 5 heteroatoms. The highest BCUT2D eigenvalue weighted by atomic mass is 16.6. The van der Waals surface area contributed by atoms with Crippen molar-refractivity contribution in [3.8, 4) is 0 Å². The number of benzene rings is 1. The van der Waals surface area contributed by atoms with Gasteiger partial charge in [-0.3, -0.25) is 10.1 Å². The maximum absolute atomic E-state index is 11.0. The maximum Gasteiger partial charge on any atom is 0.273 e. The zero-order valence-corrected chi connectivity index (χ0v) is 11.5. The lowest BCUT2D eigenvalue weighted by atomic mass is 9.94. The lowest BCUT2D eigenvalue weighted by Crippen LogP contribution is -2.46. The average molecular weight is 263 g/mol. The molecule has 0 amide bonds. The molecule has 0 bridgehead atoms. The van der Waals surface area contributed by atoms with Crippen LogP contribution < -0.4 is 5.32 Å². The summed E-state index contributed by atoms with van der Waals surface area (Å²) in [6.45, 7) is 4.95. The number of hydrogen-bond donors (Lipinski definition) is 1. The monoisotopic (exact) mass is 263 g/mol. The normalized spacial score (nSPS) is 24.3. The van der Waals surface area contributed by atoms with Crippen molar-refractivity contribution in [2.24, 2.45) is 5.92 Å². The summed E-state index contributed by atoms with van der Waals surface area (Å²) in [4.78, 5) is 13.0. The van der Waals surface area contributed by atoms with Crippen molar-refractivity contribution in [1.29, 1.82) is 0 Å². The smallest absolute Gasteiger partial charge is 0.273 e. The zero-order chi connectivity index (χ0) is 13.8. The number of rotatable bonds is 4. The fourth-order valence-corrected chi connectivity index (χ4v) is 2.74. The molecular formula is C14H21N3O2. The molecule has 1 saturated heterocycles. The van der Waals surface area contributed by atoms with E-state index < -0.39 is 0 Å². The lowest BCUT2D eigenvalue weighted by molar-refractivity contribution is -0.385. The SMILES string of the molecule is CC1CN(C)CCC1NCc1ccccc1[N+](=O)[O-]. The van der Waals surface area contributed by atoms with Crippen molar-refractivity contribution in [3.05, 3.63) is 39.9 Å². The molecule has 1 aliphatic rings. The molecular weight excluding hydrogens is 242 g/mol. The number of nitrogens with one attached hydrogen (secondary N) is 1. The van der Waals surface area contributed by atoms with E-state index in [9.17, 15) is 10.1 Å². The summed E-state index contributed by atoms with van der Waals surface area (Å²) < 4.78 is 0. The van der Waals surface area contributed by atoms with Gasteiger partial charge in [-0.2, -0.15) is 0 Å². The Hall–Kier alpha value is -1.46. The zero-order valence-electron chi connectivity index (χ0n) is 11.5. The number of piperidine rings is 1. The van der Waals surface area contributed by atoms with Gasteiger partial charge in [0.25, 0.3) is 5.69 Å². The van der Waals surface area contributed by atoms with Crippen LogP contribution in [-0.2, 0) is 6.54 Å². The first kappa shape index (κ1) is 14.0. The van der Waals surface area contributed by atoms with Gasteiger partial charge in [0.05, 0.1) is 4.92 Å². The summed E-state index contributed by atoms with van der Waals surface area (Å²) in [5.74, 6) is 0.571. The summed E-state index contributed by atoms with van der Waals surface area (Å²) in [6, 6.07) is 7.39. The van der Waals surface area contributed by atoms with Crippen LogP contribution in [0.2, 0.25) is 0 Å². The third-order valence-electron chi connectivity index (χ3n) is 3.85. The molecule has 104 valence electrons. The highest BCUT2D eigenvalue weighted by Gasteiger charge is 2.24. The number of nitro benzene ring substituents is 1. The van der Waals surface area contributed by atoms with E-state index in [2.05, 4.69) is 24.2 Å². The third kappa shape index (κ3) is 3.52. The van der Waals surface area contributed by atoms with Crippen LogP contribution in [0.3, 0.4) is 0 Å². The van der Waals surface area contributed by atoms with Crippen molar-refractivity contribution in [2.75, 3.05) is 20.1 Å². The quantitative estimate of drug-likeness (QED) is 0.667. The molecule has 2 unspecified atom stereocenters. The second-order valence-corrected chi connectivity index (χ2v) is 5.40. The van der Waals surface area contributed by atoms with Crippen LogP contribution >= 0.6 is 0 Å². The van der Waals surface area contributed by atoms with Gasteiger partial charge in [-0.25, -0.2) is 0 Å². The lowest BCUT2D eigenvalue weighted by Gasteiger charge is -2.35. The molecule has 0 spiro atoms. The molecule has 5 nitrogen and oxygen atoms in total. The number of para-hydroxylation sites is 1. The van der Waals surface area contributed by atoms with E-state index in [1.807, 2.05) is 12.1 Å². The van der Waals surface area contributed by atoms with Gasteiger partial charge < -0.3 is 10.2 Å². The molecule has 1 heterocycles. The van der Waals surface area contributed by atoms with Gasteiger partial charge in [-0.1, -0.05) is 25.1 Å². The summed E-state index contributed by atoms with van der Waals surface area (Å²) in [5, 5.41) is 14.4. The van der Waals surface area contributed by atoms with Crippen LogP contribution in [0, 0.1) is 16.0 Å². The van der Waals surface area contributed by atoms with Crippen LogP contribution in [0.4, 0.5) is 5.69 Å².